The Morgan fingerprint density at radius 2 is 1.68 bits per heavy atom. The molecule has 6 nitrogen and oxygen atoms in total. The van der Waals surface area contributed by atoms with Gasteiger partial charge in [0.1, 0.15) is 12.4 Å². The van der Waals surface area contributed by atoms with E-state index in [9.17, 15) is 4.79 Å². The van der Waals surface area contributed by atoms with Crippen molar-refractivity contribution in [2.75, 3.05) is 24.3 Å². The average Bonchev–Trinajstić information content (AvgIpc) is 3.06. The fourth-order valence-electron chi connectivity index (χ4n) is 2.75. The minimum Gasteiger partial charge on any atom is -0.377 e. The van der Waals surface area contributed by atoms with Gasteiger partial charge in [-0.3, -0.25) is 0 Å². The van der Waals surface area contributed by atoms with Gasteiger partial charge in [0.25, 0.3) is 0 Å². The summed E-state index contributed by atoms with van der Waals surface area (Å²) >= 11 is 0. The van der Waals surface area contributed by atoms with Crippen LogP contribution in [0.5, 0.6) is 0 Å². The molecule has 0 aliphatic rings. The molecule has 0 radical (unpaired) electrons. The third-order valence-electron chi connectivity index (χ3n) is 4.55. The molecule has 0 saturated carbocycles. The Kier molecular flexibility index (Phi) is 5.23. The highest BCUT2D eigenvalue weighted by Crippen LogP contribution is 2.26. The zero-order chi connectivity index (χ0) is 20.5. The number of aryl methyl sites for hydroxylation is 1. The molecule has 0 unspecified atom stereocenters. The molecule has 0 bridgehead atoms. The van der Waals surface area contributed by atoms with Crippen molar-refractivity contribution >= 4 is 17.5 Å². The van der Waals surface area contributed by atoms with Crippen molar-refractivity contribution in [3.8, 4) is 5.69 Å². The zero-order valence-corrected chi connectivity index (χ0v) is 17.4. The third kappa shape index (κ3) is 4.22. The minimum absolute atomic E-state index is 0.129. The second-order valence-corrected chi connectivity index (χ2v) is 8.20. The second-order valence-electron chi connectivity index (χ2n) is 8.20. The summed E-state index contributed by atoms with van der Waals surface area (Å²) in [5.74, 6) is 0.642. The van der Waals surface area contributed by atoms with Crippen LogP contribution in [0.4, 0.5) is 16.3 Å². The molecule has 1 N–H and O–H groups in total. The molecule has 1 aromatic carbocycles. The van der Waals surface area contributed by atoms with E-state index < -0.39 is 0 Å². The van der Waals surface area contributed by atoms with Crippen LogP contribution < -0.4 is 14.8 Å². The van der Waals surface area contributed by atoms with Gasteiger partial charge in [0.2, 0.25) is 5.82 Å². The molecular formula is C22H28N5O+. The summed E-state index contributed by atoms with van der Waals surface area (Å²) in [6.07, 6.45) is 3.50. The monoisotopic (exact) mass is 378 g/mol. The second kappa shape index (κ2) is 7.46. The number of anilines is 2. The van der Waals surface area contributed by atoms with E-state index in [2.05, 4.69) is 26.1 Å². The molecule has 6 heteroatoms. The SMILES string of the molecule is Cc1ccc(-n2nc(C(C)(C)C)cc2NC(=O)[n+]2ccc(N(C)C)cc2)cc1. The fourth-order valence-corrected chi connectivity index (χ4v) is 2.75. The number of benzene rings is 1. The maximum atomic E-state index is 12.8. The molecule has 0 atom stereocenters. The van der Waals surface area contributed by atoms with Crippen LogP contribution >= 0.6 is 0 Å². The molecule has 2 heterocycles. The van der Waals surface area contributed by atoms with Gasteiger partial charge < -0.3 is 4.90 Å². The van der Waals surface area contributed by atoms with Crippen LogP contribution in [0.3, 0.4) is 0 Å². The lowest BCUT2D eigenvalue weighted by Gasteiger charge is -2.13. The first-order valence-electron chi connectivity index (χ1n) is 9.33. The van der Waals surface area contributed by atoms with Crippen molar-refractivity contribution in [2.45, 2.75) is 33.1 Å². The summed E-state index contributed by atoms with van der Waals surface area (Å²) in [7, 11) is 3.93. The van der Waals surface area contributed by atoms with Crippen LogP contribution in [0, 0.1) is 6.92 Å². The third-order valence-corrected chi connectivity index (χ3v) is 4.55. The lowest BCUT2D eigenvalue weighted by Crippen LogP contribution is -2.46. The Morgan fingerprint density at radius 1 is 1.07 bits per heavy atom. The Labute approximate surface area is 166 Å². The average molecular weight is 379 g/mol. The Bertz CT molecular complexity index is 964. The van der Waals surface area contributed by atoms with Crippen molar-refractivity contribution in [3.05, 3.63) is 66.1 Å². The Morgan fingerprint density at radius 3 is 2.21 bits per heavy atom. The summed E-state index contributed by atoms with van der Waals surface area (Å²) in [5.41, 5.74) is 3.90. The van der Waals surface area contributed by atoms with Crippen molar-refractivity contribution in [2.24, 2.45) is 0 Å². The Hall–Kier alpha value is -3.15. The molecule has 0 saturated heterocycles. The molecule has 2 aromatic heterocycles. The van der Waals surface area contributed by atoms with Crippen molar-refractivity contribution in [3.63, 3.8) is 0 Å². The van der Waals surface area contributed by atoms with E-state index in [0.29, 0.717) is 5.82 Å². The number of amides is 1. The van der Waals surface area contributed by atoms with E-state index in [4.69, 9.17) is 5.10 Å². The van der Waals surface area contributed by atoms with Gasteiger partial charge in [0.05, 0.1) is 11.4 Å². The summed E-state index contributed by atoms with van der Waals surface area (Å²) in [6.45, 7) is 8.36. The van der Waals surface area contributed by atoms with Crippen LogP contribution in [0.2, 0.25) is 0 Å². The van der Waals surface area contributed by atoms with Crippen LogP contribution in [-0.2, 0) is 5.41 Å². The number of aromatic nitrogens is 3. The highest BCUT2D eigenvalue weighted by atomic mass is 16.2. The van der Waals surface area contributed by atoms with Crippen molar-refractivity contribution in [1.29, 1.82) is 0 Å². The number of nitrogens with zero attached hydrogens (tertiary/aromatic N) is 4. The van der Waals surface area contributed by atoms with Gasteiger partial charge in [-0.2, -0.15) is 24.5 Å². The highest BCUT2D eigenvalue weighted by molar-refractivity contribution is 5.82. The van der Waals surface area contributed by atoms with E-state index in [1.165, 1.54) is 10.1 Å². The molecule has 0 spiro atoms. The molecule has 0 fully saturated rings. The lowest BCUT2D eigenvalue weighted by atomic mass is 9.92. The molecule has 28 heavy (non-hydrogen) atoms. The smallest absolute Gasteiger partial charge is 0.377 e. The standard InChI is InChI=1S/C22H27N5O/c1-16-7-9-18(10-8-16)27-20(15-19(24-27)22(2,3)4)23-21(28)26-13-11-17(12-14-26)25(5)6/h7-15H,1-6H3/p+1. The number of hydrogen-bond acceptors (Lipinski definition) is 3. The molecule has 146 valence electrons. The van der Waals surface area contributed by atoms with E-state index in [1.54, 1.807) is 17.1 Å². The molecule has 0 aliphatic heterocycles. The number of carbonyl (C=O) groups excluding carboxylic acids is 1. The highest BCUT2D eigenvalue weighted by Gasteiger charge is 2.25. The topological polar surface area (TPSA) is 54.0 Å². The van der Waals surface area contributed by atoms with E-state index >= 15 is 0 Å². The summed E-state index contributed by atoms with van der Waals surface area (Å²) in [5, 5.41) is 7.74. The normalized spacial score (nSPS) is 11.4. The summed E-state index contributed by atoms with van der Waals surface area (Å²) < 4.78 is 3.31. The van der Waals surface area contributed by atoms with Crippen molar-refractivity contribution < 1.29 is 9.36 Å². The Balaban J connectivity index is 1.94. The first-order chi connectivity index (χ1) is 13.1. The molecule has 3 aromatic rings. The fraction of sp³-hybridized carbons (Fsp3) is 0.318. The van der Waals surface area contributed by atoms with Crippen LogP contribution in [0.1, 0.15) is 32.0 Å². The van der Waals surface area contributed by atoms with Crippen molar-refractivity contribution in [1.82, 2.24) is 9.78 Å². The molecule has 3 rings (SSSR count). The van der Waals surface area contributed by atoms with Gasteiger partial charge in [0, 0.05) is 43.4 Å². The quantitative estimate of drug-likeness (QED) is 0.703. The summed E-state index contributed by atoms with van der Waals surface area (Å²) in [4.78, 5) is 14.8. The number of pyridine rings is 1. The van der Waals surface area contributed by atoms with Crippen LogP contribution in [0.25, 0.3) is 5.69 Å². The van der Waals surface area contributed by atoms with E-state index in [-0.39, 0.29) is 11.4 Å². The van der Waals surface area contributed by atoms with Gasteiger partial charge in [-0.25, -0.2) is 0 Å². The van der Waals surface area contributed by atoms with Gasteiger partial charge in [-0.1, -0.05) is 38.5 Å². The van der Waals surface area contributed by atoms with Crippen LogP contribution in [-0.4, -0.2) is 29.9 Å². The molecular weight excluding hydrogens is 350 g/mol. The molecule has 1 amide bonds. The van der Waals surface area contributed by atoms with E-state index in [0.717, 1.165) is 17.1 Å². The van der Waals surface area contributed by atoms with E-state index in [1.807, 2.05) is 68.4 Å². The lowest BCUT2D eigenvalue weighted by molar-refractivity contribution is -0.567. The maximum absolute atomic E-state index is 12.8. The predicted octanol–water partition coefficient (Wildman–Crippen LogP) is 3.91. The van der Waals surface area contributed by atoms with Gasteiger partial charge in [0.15, 0.2) is 0 Å². The first-order valence-corrected chi connectivity index (χ1v) is 9.33. The number of nitrogens with one attached hydrogen (secondary N) is 1. The predicted molar refractivity (Wildman–Crippen MR) is 112 cm³/mol. The number of carbonyl (C=O) groups is 1. The van der Waals surface area contributed by atoms with Crippen LogP contribution in [0.15, 0.2) is 54.9 Å². The maximum Gasteiger partial charge on any atom is 0.502 e. The molecule has 0 aliphatic carbocycles. The number of rotatable bonds is 3. The summed E-state index contributed by atoms with van der Waals surface area (Å²) in [6, 6.07) is 13.6. The minimum atomic E-state index is -0.237. The number of hydrogen-bond donors (Lipinski definition) is 1. The van der Waals surface area contributed by atoms with Gasteiger partial charge in [-0.05, 0) is 19.1 Å². The zero-order valence-electron chi connectivity index (χ0n) is 17.4. The largest absolute Gasteiger partial charge is 0.502 e. The van der Waals surface area contributed by atoms with Gasteiger partial charge in [-0.15, -0.1) is 0 Å². The first kappa shape index (κ1) is 19.6. The van der Waals surface area contributed by atoms with Gasteiger partial charge >= 0.3 is 6.03 Å².